The SMILES string of the molecule is CCNC(=NCCS(=O)(=O)Nc1ccc(C)c(F)c1)NC(C)C. The van der Waals surface area contributed by atoms with Crippen LogP contribution in [0.3, 0.4) is 0 Å². The van der Waals surface area contributed by atoms with E-state index in [-0.39, 0.29) is 24.0 Å². The first-order chi connectivity index (χ1) is 10.7. The van der Waals surface area contributed by atoms with Gasteiger partial charge in [-0.3, -0.25) is 9.71 Å². The Labute approximate surface area is 137 Å². The van der Waals surface area contributed by atoms with Gasteiger partial charge in [0.05, 0.1) is 18.0 Å². The summed E-state index contributed by atoms with van der Waals surface area (Å²) in [6.45, 7) is 8.28. The lowest BCUT2D eigenvalue weighted by molar-refractivity contribution is 0.600. The number of anilines is 1. The van der Waals surface area contributed by atoms with Crippen molar-refractivity contribution in [2.45, 2.75) is 33.7 Å². The van der Waals surface area contributed by atoms with E-state index >= 15 is 0 Å². The molecule has 0 aliphatic carbocycles. The van der Waals surface area contributed by atoms with Crippen molar-refractivity contribution in [3.63, 3.8) is 0 Å². The molecule has 0 aromatic heterocycles. The molecule has 130 valence electrons. The molecule has 1 rings (SSSR count). The summed E-state index contributed by atoms with van der Waals surface area (Å²) in [5, 5.41) is 6.14. The molecular formula is C15H25FN4O2S. The van der Waals surface area contributed by atoms with Crippen molar-refractivity contribution < 1.29 is 12.8 Å². The van der Waals surface area contributed by atoms with E-state index in [1.807, 2.05) is 20.8 Å². The number of nitrogens with one attached hydrogen (secondary N) is 3. The van der Waals surface area contributed by atoms with Gasteiger partial charge in [-0.2, -0.15) is 0 Å². The van der Waals surface area contributed by atoms with Crippen molar-refractivity contribution >= 4 is 21.7 Å². The van der Waals surface area contributed by atoms with Crippen molar-refractivity contribution in [3.05, 3.63) is 29.6 Å². The molecule has 0 heterocycles. The summed E-state index contributed by atoms with van der Waals surface area (Å²) in [4.78, 5) is 4.21. The van der Waals surface area contributed by atoms with E-state index in [1.165, 1.54) is 18.2 Å². The standard InChI is InChI=1S/C15H25FN4O2S/c1-5-17-15(19-11(2)3)18-8-9-23(21,22)20-13-7-6-12(4)14(16)10-13/h6-7,10-11,20H,5,8-9H2,1-4H3,(H2,17,18,19). The highest BCUT2D eigenvalue weighted by molar-refractivity contribution is 7.92. The molecule has 1 aromatic rings. The van der Waals surface area contributed by atoms with Crippen LogP contribution in [0.4, 0.5) is 10.1 Å². The molecule has 0 amide bonds. The molecule has 0 radical (unpaired) electrons. The zero-order chi connectivity index (χ0) is 17.5. The van der Waals surface area contributed by atoms with E-state index < -0.39 is 15.8 Å². The Morgan fingerprint density at radius 2 is 2.04 bits per heavy atom. The van der Waals surface area contributed by atoms with Gasteiger partial charge < -0.3 is 10.6 Å². The van der Waals surface area contributed by atoms with Gasteiger partial charge in [0.2, 0.25) is 10.0 Å². The molecule has 0 spiro atoms. The van der Waals surface area contributed by atoms with Crippen LogP contribution in [0.2, 0.25) is 0 Å². The van der Waals surface area contributed by atoms with E-state index in [0.717, 1.165) is 0 Å². The van der Waals surface area contributed by atoms with Crippen LogP contribution >= 0.6 is 0 Å². The number of aryl methyl sites for hydroxylation is 1. The molecule has 23 heavy (non-hydrogen) atoms. The normalized spacial score (nSPS) is 12.3. The minimum atomic E-state index is -3.58. The Balaban J connectivity index is 2.65. The Kier molecular flexibility index (Phi) is 7.28. The van der Waals surface area contributed by atoms with Gasteiger partial charge >= 0.3 is 0 Å². The molecule has 8 heteroatoms. The van der Waals surface area contributed by atoms with Crippen molar-refractivity contribution in [1.29, 1.82) is 0 Å². The van der Waals surface area contributed by atoms with Crippen LogP contribution in [0.5, 0.6) is 0 Å². The van der Waals surface area contributed by atoms with Crippen LogP contribution in [0.25, 0.3) is 0 Å². The lowest BCUT2D eigenvalue weighted by Gasteiger charge is -2.14. The number of rotatable bonds is 7. The number of sulfonamides is 1. The summed E-state index contributed by atoms with van der Waals surface area (Å²) in [6, 6.07) is 4.42. The third-order valence-electron chi connectivity index (χ3n) is 2.84. The van der Waals surface area contributed by atoms with Gasteiger partial charge in [0.25, 0.3) is 0 Å². The fourth-order valence-corrected chi connectivity index (χ4v) is 2.68. The smallest absolute Gasteiger partial charge is 0.234 e. The predicted molar refractivity (Wildman–Crippen MR) is 92.8 cm³/mol. The van der Waals surface area contributed by atoms with E-state index in [4.69, 9.17) is 0 Å². The quantitative estimate of drug-likeness (QED) is 0.521. The lowest BCUT2D eigenvalue weighted by atomic mass is 10.2. The lowest BCUT2D eigenvalue weighted by Crippen LogP contribution is -2.41. The Morgan fingerprint density at radius 3 is 2.61 bits per heavy atom. The number of hydrogen-bond donors (Lipinski definition) is 3. The summed E-state index contributed by atoms with van der Waals surface area (Å²) in [5.74, 6) is -0.0603. The summed E-state index contributed by atoms with van der Waals surface area (Å²) in [5.41, 5.74) is 0.678. The number of benzene rings is 1. The van der Waals surface area contributed by atoms with Gasteiger partial charge in [-0.25, -0.2) is 12.8 Å². The first kappa shape index (κ1) is 19.2. The number of nitrogens with zero attached hydrogens (tertiary/aromatic N) is 1. The topological polar surface area (TPSA) is 82.6 Å². The maximum absolute atomic E-state index is 13.4. The fourth-order valence-electron chi connectivity index (χ4n) is 1.76. The molecular weight excluding hydrogens is 319 g/mol. The predicted octanol–water partition coefficient (Wildman–Crippen LogP) is 1.84. The zero-order valence-corrected chi connectivity index (χ0v) is 14.8. The van der Waals surface area contributed by atoms with Crippen LogP contribution in [-0.2, 0) is 10.0 Å². The molecule has 3 N–H and O–H groups in total. The zero-order valence-electron chi connectivity index (χ0n) is 14.0. The second-order valence-corrected chi connectivity index (χ2v) is 7.29. The number of halogens is 1. The highest BCUT2D eigenvalue weighted by Crippen LogP contribution is 2.14. The van der Waals surface area contributed by atoms with Crippen molar-refractivity contribution in [2.75, 3.05) is 23.6 Å². The third kappa shape index (κ3) is 7.32. The van der Waals surface area contributed by atoms with E-state index in [9.17, 15) is 12.8 Å². The molecule has 0 bridgehead atoms. The number of hydrogen-bond acceptors (Lipinski definition) is 3. The van der Waals surface area contributed by atoms with Gasteiger partial charge in [0.1, 0.15) is 5.82 Å². The summed E-state index contributed by atoms with van der Waals surface area (Å²) in [6.07, 6.45) is 0. The first-order valence-corrected chi connectivity index (χ1v) is 9.20. The molecule has 0 unspecified atom stereocenters. The van der Waals surface area contributed by atoms with Crippen LogP contribution in [0.15, 0.2) is 23.2 Å². The molecule has 0 aliphatic rings. The number of guanidine groups is 1. The maximum atomic E-state index is 13.4. The minimum absolute atomic E-state index is 0.103. The minimum Gasteiger partial charge on any atom is -0.357 e. The van der Waals surface area contributed by atoms with Gasteiger partial charge in [-0.15, -0.1) is 0 Å². The van der Waals surface area contributed by atoms with Crippen LogP contribution in [0.1, 0.15) is 26.3 Å². The van der Waals surface area contributed by atoms with Crippen molar-refractivity contribution in [1.82, 2.24) is 10.6 Å². The molecule has 0 saturated heterocycles. The Morgan fingerprint density at radius 1 is 1.35 bits per heavy atom. The second-order valence-electron chi connectivity index (χ2n) is 5.44. The first-order valence-electron chi connectivity index (χ1n) is 7.55. The average Bonchev–Trinajstić information content (AvgIpc) is 2.42. The number of aliphatic imine (C=N–C) groups is 1. The van der Waals surface area contributed by atoms with E-state index in [0.29, 0.717) is 18.1 Å². The highest BCUT2D eigenvalue weighted by Gasteiger charge is 2.11. The Hall–Kier alpha value is -1.83. The largest absolute Gasteiger partial charge is 0.357 e. The molecule has 0 fully saturated rings. The highest BCUT2D eigenvalue weighted by atomic mass is 32.2. The summed E-state index contributed by atoms with van der Waals surface area (Å²) >= 11 is 0. The third-order valence-corrected chi connectivity index (χ3v) is 4.11. The van der Waals surface area contributed by atoms with Crippen molar-refractivity contribution in [3.8, 4) is 0 Å². The van der Waals surface area contributed by atoms with Crippen LogP contribution in [0, 0.1) is 12.7 Å². The average molecular weight is 344 g/mol. The summed E-state index contributed by atoms with van der Waals surface area (Å²) in [7, 11) is -3.58. The monoisotopic (exact) mass is 344 g/mol. The van der Waals surface area contributed by atoms with Gasteiger partial charge in [-0.1, -0.05) is 6.07 Å². The van der Waals surface area contributed by atoms with E-state index in [1.54, 1.807) is 6.92 Å². The van der Waals surface area contributed by atoms with Gasteiger partial charge in [0, 0.05) is 12.6 Å². The van der Waals surface area contributed by atoms with Crippen molar-refractivity contribution in [2.24, 2.45) is 4.99 Å². The molecule has 6 nitrogen and oxygen atoms in total. The van der Waals surface area contributed by atoms with Crippen LogP contribution < -0.4 is 15.4 Å². The van der Waals surface area contributed by atoms with Crippen LogP contribution in [-0.4, -0.2) is 39.3 Å². The summed E-state index contributed by atoms with van der Waals surface area (Å²) < 4.78 is 39.8. The molecule has 0 atom stereocenters. The molecule has 0 saturated carbocycles. The van der Waals surface area contributed by atoms with Gasteiger partial charge in [0.15, 0.2) is 5.96 Å². The fraction of sp³-hybridized carbons (Fsp3) is 0.533. The second kappa shape index (κ2) is 8.71. The molecule has 1 aromatic carbocycles. The van der Waals surface area contributed by atoms with Gasteiger partial charge in [-0.05, 0) is 45.4 Å². The van der Waals surface area contributed by atoms with E-state index in [2.05, 4.69) is 20.3 Å². The Bertz CT molecular complexity index is 645. The molecule has 0 aliphatic heterocycles. The maximum Gasteiger partial charge on any atom is 0.234 e.